The van der Waals surface area contributed by atoms with Crippen molar-refractivity contribution in [3.05, 3.63) is 28.4 Å². The monoisotopic (exact) mass is 273 g/mol. The summed E-state index contributed by atoms with van der Waals surface area (Å²) >= 11 is 0. The van der Waals surface area contributed by atoms with E-state index >= 15 is 0 Å². The van der Waals surface area contributed by atoms with Gasteiger partial charge in [0.1, 0.15) is 12.0 Å². The Labute approximate surface area is 105 Å². The van der Waals surface area contributed by atoms with Crippen LogP contribution in [0.1, 0.15) is 13.8 Å². The zero-order chi connectivity index (χ0) is 14.0. The van der Waals surface area contributed by atoms with Gasteiger partial charge in [0, 0.05) is 18.9 Å². The highest BCUT2D eigenvalue weighted by Gasteiger charge is 2.29. The molecule has 8 heteroatoms. The van der Waals surface area contributed by atoms with Gasteiger partial charge in [0.05, 0.1) is 9.67 Å². The van der Waals surface area contributed by atoms with E-state index in [1.54, 1.807) is 13.8 Å². The molecule has 0 fully saturated rings. The van der Waals surface area contributed by atoms with Gasteiger partial charge in [-0.2, -0.15) is 0 Å². The number of pyridine rings is 1. The molecule has 0 radical (unpaired) electrons. The molecule has 0 saturated carbocycles. The van der Waals surface area contributed by atoms with Crippen molar-refractivity contribution in [3.63, 3.8) is 0 Å². The zero-order valence-corrected chi connectivity index (χ0v) is 11.2. The van der Waals surface area contributed by atoms with Crippen molar-refractivity contribution in [2.24, 2.45) is 0 Å². The summed E-state index contributed by atoms with van der Waals surface area (Å²) in [7, 11) is -3.19. The van der Waals surface area contributed by atoms with Crippen LogP contribution in [0.5, 0.6) is 0 Å². The molecule has 1 N–H and O–H groups in total. The summed E-state index contributed by atoms with van der Waals surface area (Å²) in [5, 5.41) is 13.3. The maximum absolute atomic E-state index is 11.5. The van der Waals surface area contributed by atoms with E-state index in [9.17, 15) is 18.5 Å². The van der Waals surface area contributed by atoms with Crippen LogP contribution in [0.4, 0.5) is 11.5 Å². The lowest BCUT2D eigenvalue weighted by atomic mass is 10.2. The molecule has 0 aliphatic rings. The van der Waals surface area contributed by atoms with Crippen LogP contribution >= 0.6 is 0 Å². The number of sulfone groups is 1. The minimum atomic E-state index is -3.19. The molecule has 0 atom stereocenters. The summed E-state index contributed by atoms with van der Waals surface area (Å²) in [6.45, 7) is 3.37. The van der Waals surface area contributed by atoms with Gasteiger partial charge in [-0.25, -0.2) is 13.4 Å². The first-order chi connectivity index (χ1) is 8.13. The molecule has 1 heterocycles. The lowest BCUT2D eigenvalue weighted by molar-refractivity contribution is -0.385. The van der Waals surface area contributed by atoms with Gasteiger partial charge >= 0.3 is 0 Å². The zero-order valence-electron chi connectivity index (χ0n) is 10.4. The molecule has 0 aliphatic heterocycles. The minimum Gasteiger partial charge on any atom is -0.369 e. The Hall–Kier alpha value is -1.70. The topological polar surface area (TPSA) is 102 Å². The Kier molecular flexibility index (Phi) is 3.90. The van der Waals surface area contributed by atoms with E-state index in [0.29, 0.717) is 5.82 Å². The molecule has 0 spiro atoms. The van der Waals surface area contributed by atoms with E-state index in [4.69, 9.17) is 0 Å². The Bertz CT molecular complexity index is 537. The van der Waals surface area contributed by atoms with E-state index in [0.717, 1.165) is 12.5 Å². The van der Waals surface area contributed by atoms with Crippen molar-refractivity contribution in [1.82, 2.24) is 4.98 Å². The van der Waals surface area contributed by atoms with Gasteiger partial charge in [-0.1, -0.05) is 0 Å². The highest BCUT2D eigenvalue weighted by Crippen LogP contribution is 2.17. The number of rotatable bonds is 5. The standard InChI is InChI=1S/C10H15N3O4S/c1-10(2,18(3,16)17)7-12-9-5-4-8(6-11-9)13(14)15/h4-6H,7H2,1-3H3,(H,11,12). The predicted octanol–water partition coefficient (Wildman–Crippen LogP) is 1.22. The fraction of sp³-hybridized carbons (Fsp3) is 0.500. The summed E-state index contributed by atoms with van der Waals surface area (Å²) in [6.07, 6.45) is 2.29. The summed E-state index contributed by atoms with van der Waals surface area (Å²) < 4.78 is 22.0. The van der Waals surface area contributed by atoms with Crippen molar-refractivity contribution in [3.8, 4) is 0 Å². The molecule has 0 unspecified atom stereocenters. The van der Waals surface area contributed by atoms with Crippen molar-refractivity contribution in [2.75, 3.05) is 18.1 Å². The number of aromatic nitrogens is 1. The van der Waals surface area contributed by atoms with Crippen molar-refractivity contribution < 1.29 is 13.3 Å². The van der Waals surface area contributed by atoms with Crippen LogP contribution in [0.2, 0.25) is 0 Å². The van der Waals surface area contributed by atoms with Crippen LogP contribution < -0.4 is 5.32 Å². The van der Waals surface area contributed by atoms with E-state index in [1.807, 2.05) is 0 Å². The van der Waals surface area contributed by atoms with Crippen LogP contribution in [0.25, 0.3) is 0 Å². The summed E-state index contributed by atoms with van der Waals surface area (Å²) in [4.78, 5) is 13.7. The number of nitrogens with one attached hydrogen (secondary N) is 1. The van der Waals surface area contributed by atoms with Crippen LogP contribution in [-0.4, -0.2) is 35.9 Å². The predicted molar refractivity (Wildman–Crippen MR) is 68.3 cm³/mol. The third kappa shape index (κ3) is 3.39. The highest BCUT2D eigenvalue weighted by molar-refractivity contribution is 7.92. The number of hydrogen-bond donors (Lipinski definition) is 1. The molecule has 0 saturated heterocycles. The first-order valence-corrected chi connectivity index (χ1v) is 7.06. The maximum Gasteiger partial charge on any atom is 0.287 e. The SMILES string of the molecule is CC(C)(CNc1ccc([N+](=O)[O-])cn1)S(C)(=O)=O. The van der Waals surface area contributed by atoms with Crippen LogP contribution in [-0.2, 0) is 9.84 Å². The van der Waals surface area contributed by atoms with Gasteiger partial charge in [-0.05, 0) is 19.9 Å². The van der Waals surface area contributed by atoms with Crippen molar-refractivity contribution in [2.45, 2.75) is 18.6 Å². The second-order valence-corrected chi connectivity index (χ2v) is 7.19. The average Bonchev–Trinajstić information content (AvgIpc) is 2.25. The number of hydrogen-bond acceptors (Lipinski definition) is 6. The van der Waals surface area contributed by atoms with Crippen LogP contribution in [0, 0.1) is 10.1 Å². The molecule has 1 aromatic rings. The van der Waals surface area contributed by atoms with Crippen LogP contribution in [0.15, 0.2) is 18.3 Å². The third-order valence-corrected chi connectivity index (χ3v) is 4.81. The molecule has 1 aromatic heterocycles. The highest BCUT2D eigenvalue weighted by atomic mass is 32.2. The molecule has 0 bridgehead atoms. The molecule has 100 valence electrons. The van der Waals surface area contributed by atoms with E-state index in [2.05, 4.69) is 10.3 Å². The van der Waals surface area contributed by atoms with Crippen molar-refractivity contribution in [1.29, 1.82) is 0 Å². The normalized spacial score (nSPS) is 12.2. The summed E-state index contributed by atoms with van der Waals surface area (Å²) in [6, 6.07) is 2.75. The van der Waals surface area contributed by atoms with E-state index < -0.39 is 19.5 Å². The number of nitro groups is 1. The van der Waals surface area contributed by atoms with E-state index in [1.165, 1.54) is 12.1 Å². The molecule has 0 aliphatic carbocycles. The lowest BCUT2D eigenvalue weighted by Gasteiger charge is -2.22. The quantitative estimate of drug-likeness (QED) is 0.639. The van der Waals surface area contributed by atoms with Gasteiger partial charge < -0.3 is 5.32 Å². The fourth-order valence-corrected chi connectivity index (χ4v) is 1.37. The van der Waals surface area contributed by atoms with Gasteiger partial charge in [-0.15, -0.1) is 0 Å². The minimum absolute atomic E-state index is 0.108. The molecule has 0 amide bonds. The molecular weight excluding hydrogens is 258 g/mol. The Morgan fingerprint density at radius 2 is 2.06 bits per heavy atom. The molecule has 1 rings (SSSR count). The molecule has 0 aromatic carbocycles. The number of anilines is 1. The second-order valence-electron chi connectivity index (χ2n) is 4.54. The largest absolute Gasteiger partial charge is 0.369 e. The Balaban J connectivity index is 2.73. The maximum atomic E-state index is 11.5. The molecule has 18 heavy (non-hydrogen) atoms. The van der Waals surface area contributed by atoms with Gasteiger partial charge in [-0.3, -0.25) is 10.1 Å². The molecule has 7 nitrogen and oxygen atoms in total. The smallest absolute Gasteiger partial charge is 0.287 e. The first-order valence-electron chi connectivity index (χ1n) is 5.17. The van der Waals surface area contributed by atoms with E-state index in [-0.39, 0.29) is 12.2 Å². The van der Waals surface area contributed by atoms with Gasteiger partial charge in [0.2, 0.25) is 0 Å². The Morgan fingerprint density at radius 1 is 1.44 bits per heavy atom. The third-order valence-electron chi connectivity index (χ3n) is 2.66. The van der Waals surface area contributed by atoms with Crippen molar-refractivity contribution >= 4 is 21.3 Å². The second kappa shape index (κ2) is 4.89. The number of nitrogens with zero attached hydrogens (tertiary/aromatic N) is 2. The summed E-state index contributed by atoms with van der Waals surface area (Å²) in [5.74, 6) is 0.400. The molecular formula is C10H15N3O4S. The van der Waals surface area contributed by atoms with Gasteiger partial charge in [0.25, 0.3) is 5.69 Å². The van der Waals surface area contributed by atoms with Crippen LogP contribution in [0.3, 0.4) is 0 Å². The fourth-order valence-electron chi connectivity index (χ4n) is 1.03. The lowest BCUT2D eigenvalue weighted by Crippen LogP contribution is -2.38. The Morgan fingerprint density at radius 3 is 2.44 bits per heavy atom. The average molecular weight is 273 g/mol. The summed E-state index contributed by atoms with van der Waals surface area (Å²) in [5.41, 5.74) is -0.108. The first kappa shape index (κ1) is 14.4. The van der Waals surface area contributed by atoms with Gasteiger partial charge in [0.15, 0.2) is 9.84 Å².